The number of carboxylic acids is 1. The van der Waals surface area contributed by atoms with E-state index in [4.69, 9.17) is 28.3 Å². The van der Waals surface area contributed by atoms with Gasteiger partial charge in [-0.3, -0.25) is 0 Å². The fourth-order valence-corrected chi connectivity index (χ4v) is 3.54. The van der Waals surface area contributed by atoms with E-state index in [1.165, 1.54) is 0 Å². The molecule has 94 valence electrons. The Balaban J connectivity index is 3.45. The van der Waals surface area contributed by atoms with E-state index in [-0.39, 0.29) is 26.3 Å². The van der Waals surface area contributed by atoms with Gasteiger partial charge in [0.2, 0.25) is 0 Å². The van der Waals surface area contributed by atoms with Gasteiger partial charge < -0.3 is 5.11 Å². The Hall–Kier alpha value is -0.780. The summed E-state index contributed by atoms with van der Waals surface area (Å²) < 4.78 is 23.6. The molecule has 1 aromatic carbocycles. The predicted molar refractivity (Wildman–Crippen MR) is 65.8 cm³/mol. The molecular weight excluding hydrogens is 287 g/mol. The van der Waals surface area contributed by atoms with E-state index in [0.717, 1.165) is 12.1 Å². The topological polar surface area (TPSA) is 71.4 Å². The lowest BCUT2D eigenvalue weighted by molar-refractivity contribution is 0.0697. The molecule has 1 aromatic rings. The SMILES string of the molecule is CCCS(=O)(=O)c1cc(C(=O)O)c(Cl)cc1Cl. The van der Waals surface area contributed by atoms with Crippen molar-refractivity contribution in [3.63, 3.8) is 0 Å². The van der Waals surface area contributed by atoms with Crippen LogP contribution in [0, 0.1) is 0 Å². The summed E-state index contributed by atoms with van der Waals surface area (Å²) in [6.45, 7) is 1.71. The van der Waals surface area contributed by atoms with E-state index in [1.54, 1.807) is 6.92 Å². The number of sulfone groups is 1. The molecule has 0 aliphatic carbocycles. The van der Waals surface area contributed by atoms with Gasteiger partial charge in [0.05, 0.1) is 26.3 Å². The first-order valence-corrected chi connectivity index (χ1v) is 7.15. The Morgan fingerprint density at radius 1 is 1.29 bits per heavy atom. The molecule has 0 fully saturated rings. The Kier molecular flexibility index (Phi) is 4.41. The van der Waals surface area contributed by atoms with Gasteiger partial charge in [0.15, 0.2) is 9.84 Å². The standard InChI is InChI=1S/C10H10Cl2O4S/c1-2-3-17(15,16)9-4-6(10(13)14)7(11)5-8(9)12/h4-5H,2-3H2,1H3,(H,13,14). The molecule has 0 amide bonds. The molecule has 0 spiro atoms. The summed E-state index contributed by atoms with van der Waals surface area (Å²) in [5, 5.41) is 8.71. The lowest BCUT2D eigenvalue weighted by atomic mass is 10.2. The smallest absolute Gasteiger partial charge is 0.337 e. The summed E-state index contributed by atoms with van der Waals surface area (Å²) in [5.41, 5.74) is -0.272. The molecule has 17 heavy (non-hydrogen) atoms. The minimum atomic E-state index is -3.57. The fourth-order valence-electron chi connectivity index (χ4n) is 1.31. The fraction of sp³-hybridized carbons (Fsp3) is 0.300. The van der Waals surface area contributed by atoms with Crippen molar-refractivity contribution in [2.75, 3.05) is 5.75 Å². The Bertz CT molecular complexity index is 552. The first-order chi connectivity index (χ1) is 7.79. The van der Waals surface area contributed by atoms with Crippen LogP contribution in [0.15, 0.2) is 17.0 Å². The molecule has 0 atom stereocenters. The van der Waals surface area contributed by atoms with Crippen LogP contribution < -0.4 is 0 Å². The molecule has 4 nitrogen and oxygen atoms in total. The molecule has 0 unspecified atom stereocenters. The minimum Gasteiger partial charge on any atom is -0.478 e. The minimum absolute atomic E-state index is 0.0616. The Morgan fingerprint density at radius 2 is 1.88 bits per heavy atom. The maximum atomic E-state index is 11.8. The summed E-state index contributed by atoms with van der Waals surface area (Å²) in [7, 11) is -3.57. The zero-order valence-electron chi connectivity index (χ0n) is 8.91. The molecule has 0 saturated carbocycles. The molecule has 0 heterocycles. The number of hydrogen-bond donors (Lipinski definition) is 1. The molecule has 0 aromatic heterocycles. The lowest BCUT2D eigenvalue weighted by Crippen LogP contribution is -2.09. The van der Waals surface area contributed by atoms with Gasteiger partial charge in [-0.25, -0.2) is 13.2 Å². The largest absolute Gasteiger partial charge is 0.478 e. The molecule has 1 rings (SSSR count). The van der Waals surface area contributed by atoms with Crippen LogP contribution in [0.5, 0.6) is 0 Å². The van der Waals surface area contributed by atoms with Crippen LogP contribution in [0.4, 0.5) is 0 Å². The molecule has 1 N–H and O–H groups in total. The highest BCUT2D eigenvalue weighted by Gasteiger charge is 2.21. The second-order valence-corrected chi connectivity index (χ2v) is 6.28. The number of carboxylic acid groups (broad SMARTS) is 1. The van der Waals surface area contributed by atoms with Crippen molar-refractivity contribution in [1.82, 2.24) is 0 Å². The Morgan fingerprint density at radius 3 is 2.35 bits per heavy atom. The maximum absolute atomic E-state index is 11.8. The molecule has 7 heteroatoms. The van der Waals surface area contributed by atoms with Crippen LogP contribution in [0.1, 0.15) is 23.7 Å². The lowest BCUT2D eigenvalue weighted by Gasteiger charge is -2.08. The van der Waals surface area contributed by atoms with Crippen LogP contribution >= 0.6 is 23.2 Å². The van der Waals surface area contributed by atoms with E-state index in [9.17, 15) is 13.2 Å². The van der Waals surface area contributed by atoms with Crippen LogP contribution in [0.2, 0.25) is 10.0 Å². The van der Waals surface area contributed by atoms with Gasteiger partial charge in [0, 0.05) is 0 Å². The normalized spacial score (nSPS) is 11.5. The van der Waals surface area contributed by atoms with Crippen molar-refractivity contribution in [2.24, 2.45) is 0 Å². The molecular formula is C10H10Cl2O4S. The van der Waals surface area contributed by atoms with Gasteiger partial charge in [0.25, 0.3) is 0 Å². The average molecular weight is 297 g/mol. The predicted octanol–water partition coefficient (Wildman–Crippen LogP) is 2.88. The summed E-state index contributed by atoms with van der Waals surface area (Å²) in [5.74, 6) is -1.38. The van der Waals surface area contributed by atoms with E-state index >= 15 is 0 Å². The molecule has 0 aliphatic rings. The molecule has 0 bridgehead atoms. The maximum Gasteiger partial charge on any atom is 0.337 e. The van der Waals surface area contributed by atoms with E-state index < -0.39 is 15.8 Å². The van der Waals surface area contributed by atoms with E-state index in [1.807, 2.05) is 0 Å². The number of halogens is 2. The monoisotopic (exact) mass is 296 g/mol. The average Bonchev–Trinajstić information content (AvgIpc) is 2.15. The van der Waals surface area contributed by atoms with Crippen molar-refractivity contribution < 1.29 is 18.3 Å². The molecule has 0 radical (unpaired) electrons. The van der Waals surface area contributed by atoms with Gasteiger partial charge in [-0.2, -0.15) is 0 Å². The third-order valence-electron chi connectivity index (χ3n) is 2.06. The zero-order valence-corrected chi connectivity index (χ0v) is 11.2. The highest BCUT2D eigenvalue weighted by molar-refractivity contribution is 7.91. The number of carbonyl (C=O) groups is 1. The van der Waals surface area contributed by atoms with Gasteiger partial charge >= 0.3 is 5.97 Å². The van der Waals surface area contributed by atoms with E-state index in [2.05, 4.69) is 0 Å². The Labute approximate surface area is 109 Å². The van der Waals surface area contributed by atoms with Crippen molar-refractivity contribution in [3.05, 3.63) is 27.7 Å². The van der Waals surface area contributed by atoms with Crippen molar-refractivity contribution in [2.45, 2.75) is 18.2 Å². The number of benzene rings is 1. The highest BCUT2D eigenvalue weighted by Crippen LogP contribution is 2.29. The first kappa shape index (κ1) is 14.3. The summed E-state index contributed by atoms with van der Waals surface area (Å²) >= 11 is 11.4. The van der Waals surface area contributed by atoms with Crippen LogP contribution in [-0.2, 0) is 9.84 Å². The van der Waals surface area contributed by atoms with E-state index in [0.29, 0.717) is 6.42 Å². The van der Waals surface area contributed by atoms with Gasteiger partial charge in [-0.05, 0) is 18.6 Å². The zero-order chi connectivity index (χ0) is 13.2. The second-order valence-electron chi connectivity index (χ2n) is 3.39. The second kappa shape index (κ2) is 5.25. The van der Waals surface area contributed by atoms with Crippen molar-refractivity contribution in [3.8, 4) is 0 Å². The van der Waals surface area contributed by atoms with Crippen molar-refractivity contribution >= 4 is 39.0 Å². The van der Waals surface area contributed by atoms with Crippen LogP contribution in [-0.4, -0.2) is 25.2 Å². The third kappa shape index (κ3) is 3.12. The van der Waals surface area contributed by atoms with Crippen LogP contribution in [0.3, 0.4) is 0 Å². The van der Waals surface area contributed by atoms with Gasteiger partial charge in [-0.15, -0.1) is 0 Å². The quantitative estimate of drug-likeness (QED) is 0.927. The van der Waals surface area contributed by atoms with Gasteiger partial charge in [-0.1, -0.05) is 30.1 Å². The first-order valence-electron chi connectivity index (χ1n) is 4.74. The third-order valence-corrected chi connectivity index (χ3v) is 4.75. The van der Waals surface area contributed by atoms with Crippen molar-refractivity contribution in [1.29, 1.82) is 0 Å². The molecule has 0 aliphatic heterocycles. The summed E-state index contributed by atoms with van der Waals surface area (Å²) in [6, 6.07) is 2.13. The summed E-state index contributed by atoms with van der Waals surface area (Å²) in [6.07, 6.45) is 0.420. The summed E-state index contributed by atoms with van der Waals surface area (Å²) in [4.78, 5) is 10.7. The highest BCUT2D eigenvalue weighted by atomic mass is 35.5. The number of aromatic carboxylic acids is 1. The molecule has 0 saturated heterocycles. The van der Waals surface area contributed by atoms with Crippen LogP contribution in [0.25, 0.3) is 0 Å². The van der Waals surface area contributed by atoms with Gasteiger partial charge in [0.1, 0.15) is 0 Å². The number of hydrogen-bond acceptors (Lipinski definition) is 3. The number of rotatable bonds is 4.